The number of carbonyl (C=O) groups is 3. The van der Waals surface area contributed by atoms with Gasteiger partial charge in [0.15, 0.2) is 16.7 Å². The molecule has 0 spiro atoms. The van der Waals surface area contributed by atoms with Crippen molar-refractivity contribution in [1.29, 1.82) is 0 Å². The van der Waals surface area contributed by atoms with Gasteiger partial charge in [-0.05, 0) is 81.9 Å². The quantitative estimate of drug-likeness (QED) is 0.0547. The number of halogens is 4. The van der Waals surface area contributed by atoms with Crippen LogP contribution in [-0.2, 0) is 38.7 Å². The molecule has 0 heterocycles. The zero-order chi connectivity index (χ0) is 33.3. The van der Waals surface area contributed by atoms with E-state index in [-0.39, 0.29) is 0 Å². The number of carbonyl (C=O) groups excluding carboxylic acids is 3. The van der Waals surface area contributed by atoms with Gasteiger partial charge in [-0.1, -0.05) is 71.1 Å². The zero-order valence-corrected chi connectivity index (χ0v) is 29.2. The Morgan fingerprint density at radius 3 is 1.80 bits per heavy atom. The van der Waals surface area contributed by atoms with Gasteiger partial charge in [0.2, 0.25) is 0 Å². The van der Waals surface area contributed by atoms with Crippen LogP contribution in [0.25, 0.3) is 0 Å². The van der Waals surface area contributed by atoms with Gasteiger partial charge in [0.25, 0.3) is 0 Å². The maximum Gasteiger partial charge on any atom is 0.367 e. The van der Waals surface area contributed by atoms with Crippen molar-refractivity contribution in [2.75, 3.05) is 6.61 Å². The summed E-state index contributed by atoms with van der Waals surface area (Å²) in [7, 11) is -6.12. The predicted molar refractivity (Wildman–Crippen MR) is 174 cm³/mol. The number of hydrogen-bond acceptors (Lipinski definition) is 9. The van der Waals surface area contributed by atoms with E-state index in [2.05, 4.69) is 4.74 Å². The second kappa shape index (κ2) is 13.6. The van der Waals surface area contributed by atoms with E-state index in [1.807, 2.05) is 93.7 Å². The highest BCUT2D eigenvalue weighted by Crippen LogP contribution is 2.59. The number of esters is 3. The Kier molecular flexibility index (Phi) is 10.6. The number of hydrogen-bond donors (Lipinski definition) is 0. The summed E-state index contributed by atoms with van der Waals surface area (Å²) in [6.07, 6.45) is 3.38. The Morgan fingerprint density at radius 2 is 1.38 bits per heavy atom. The molecule has 0 N–H and O–H groups in total. The van der Waals surface area contributed by atoms with Crippen molar-refractivity contribution in [3.05, 3.63) is 102 Å². The van der Waals surface area contributed by atoms with Gasteiger partial charge in [-0.3, -0.25) is 9.59 Å². The number of allylic oxidation sites excluding steroid dienone is 2. The van der Waals surface area contributed by atoms with Gasteiger partial charge in [-0.2, -0.15) is 8.78 Å². The van der Waals surface area contributed by atoms with E-state index in [0.29, 0.717) is 9.84 Å². The van der Waals surface area contributed by atoms with Gasteiger partial charge < -0.3 is 18.8 Å². The van der Waals surface area contributed by atoms with Crippen LogP contribution in [0, 0.1) is 11.8 Å². The molecule has 240 valence electrons. The minimum Gasteiger partial charge on any atom is -0.743 e. The molecule has 5 rings (SSSR count). The first kappa shape index (κ1) is 35.2. The molecule has 0 radical (unpaired) electrons. The van der Waals surface area contributed by atoms with Crippen LogP contribution in [0.1, 0.15) is 54.9 Å². The first-order chi connectivity index (χ1) is 21.0. The predicted octanol–water partition coefficient (Wildman–Crippen LogP) is 6.23. The summed E-state index contributed by atoms with van der Waals surface area (Å²) in [5, 5.41) is -4.88. The molecule has 0 saturated heterocycles. The van der Waals surface area contributed by atoms with E-state index in [4.69, 9.17) is 9.47 Å². The lowest BCUT2D eigenvalue weighted by Gasteiger charge is -2.48. The van der Waals surface area contributed by atoms with E-state index < -0.39 is 74.7 Å². The molecule has 2 aromatic carbocycles. The number of benzene rings is 2. The van der Waals surface area contributed by atoms with Crippen molar-refractivity contribution in [2.45, 2.75) is 43.5 Å². The molecule has 2 bridgehead atoms. The molecule has 3 aliphatic carbocycles. The highest BCUT2D eigenvalue weighted by Gasteiger charge is 2.56. The van der Waals surface area contributed by atoms with Crippen LogP contribution in [0.3, 0.4) is 0 Å². The van der Waals surface area contributed by atoms with Crippen molar-refractivity contribution in [3.63, 3.8) is 0 Å². The largest absolute Gasteiger partial charge is 0.743 e. The van der Waals surface area contributed by atoms with Gasteiger partial charge in [-0.25, -0.2) is 13.2 Å². The minimum atomic E-state index is -6.12. The number of rotatable bonds is 9. The summed E-state index contributed by atoms with van der Waals surface area (Å²) >= 11 is 3.71. The Morgan fingerprint density at radius 1 is 0.911 bits per heavy atom. The Hall–Kier alpha value is -2.70. The summed E-state index contributed by atoms with van der Waals surface area (Å²) in [4.78, 5) is 40.5. The number of alkyl halides is 2. The van der Waals surface area contributed by atoms with Crippen molar-refractivity contribution in [3.8, 4) is 0 Å². The summed E-state index contributed by atoms with van der Waals surface area (Å²) in [6, 6.07) is 14.9. The second-order valence-corrected chi connectivity index (χ2v) is 14.8. The molecule has 2 atom stereocenters. The van der Waals surface area contributed by atoms with E-state index in [9.17, 15) is 36.1 Å². The van der Waals surface area contributed by atoms with Crippen molar-refractivity contribution in [1.82, 2.24) is 0 Å². The maximum atomic E-state index is 14.0. The molecule has 0 amide bonds. The Balaban J connectivity index is 1.75. The van der Waals surface area contributed by atoms with Crippen LogP contribution < -0.4 is 0 Å². The molecule has 14 heteroatoms. The van der Waals surface area contributed by atoms with Crippen LogP contribution in [0.15, 0.2) is 80.2 Å². The lowest BCUT2D eigenvalue weighted by Crippen LogP contribution is -2.48. The summed E-state index contributed by atoms with van der Waals surface area (Å²) in [6.45, 7) is 3.08. The fourth-order valence-corrected chi connectivity index (χ4v) is 7.31. The molecular formula is C31H27F2I2O9S-. The highest BCUT2D eigenvalue weighted by atomic mass is 127. The third kappa shape index (κ3) is 7.65. The Labute approximate surface area is 286 Å². The number of fused-ring (bicyclic) bond motifs is 1. The smallest absolute Gasteiger partial charge is 0.367 e. The Bertz CT molecular complexity index is 1660. The van der Waals surface area contributed by atoms with Crippen LogP contribution in [0.5, 0.6) is 0 Å². The van der Waals surface area contributed by atoms with Crippen LogP contribution in [0.4, 0.5) is 8.78 Å². The second-order valence-electron chi connectivity index (χ2n) is 11.3. The van der Waals surface area contributed by atoms with E-state index in [1.165, 1.54) is 6.08 Å². The molecule has 0 aliphatic heterocycles. The monoisotopic (exact) mass is 867 g/mol. The van der Waals surface area contributed by atoms with Crippen LogP contribution in [0.2, 0.25) is 0 Å². The van der Waals surface area contributed by atoms with E-state index in [1.54, 1.807) is 24.9 Å². The maximum absolute atomic E-state index is 14.0. The van der Waals surface area contributed by atoms with E-state index >= 15 is 0 Å². The van der Waals surface area contributed by atoms with Gasteiger partial charge in [-0.15, -0.1) is 0 Å². The average molecular weight is 867 g/mol. The van der Waals surface area contributed by atoms with Crippen LogP contribution >= 0.6 is 45.2 Å². The summed E-state index contributed by atoms with van der Waals surface area (Å²) in [5.74, 6) is -6.26. The third-order valence-electron chi connectivity index (χ3n) is 7.18. The standard InChI is InChI=1S/C31H28F2I2O9S/c1-30(2,3)44-29(38)26-24-21-10-6-4-8-19(21)23(20-9-5-7-11-22(20)24)25(26)28(37)42-15-17(14-18(35)12-13-34)27(36)43-16-31(32,33)45(39,40)41/h4-15,23-26H,16H2,1-3H3,(H,39,40,41)/p-1/b13-12+,17-15-,18-14+. The summed E-state index contributed by atoms with van der Waals surface area (Å²) < 4.78 is 77.6. The molecule has 0 fully saturated rings. The fourth-order valence-electron chi connectivity index (χ4n) is 5.52. The molecular weight excluding hydrogens is 840 g/mol. The zero-order valence-electron chi connectivity index (χ0n) is 24.0. The number of ether oxygens (including phenoxy) is 3. The molecule has 0 saturated carbocycles. The summed E-state index contributed by atoms with van der Waals surface area (Å²) in [5.41, 5.74) is 2.00. The molecule has 3 aliphatic rings. The lowest BCUT2D eigenvalue weighted by atomic mass is 9.54. The van der Waals surface area contributed by atoms with Crippen LogP contribution in [-0.4, -0.2) is 48.3 Å². The molecule has 2 aromatic rings. The fraction of sp³-hybridized carbons (Fsp3) is 0.323. The lowest BCUT2D eigenvalue weighted by molar-refractivity contribution is -0.169. The molecule has 2 unspecified atom stereocenters. The van der Waals surface area contributed by atoms with Gasteiger partial charge in [0.1, 0.15) is 11.9 Å². The van der Waals surface area contributed by atoms with Crippen molar-refractivity contribution < 1.29 is 50.3 Å². The topological polar surface area (TPSA) is 136 Å². The van der Waals surface area contributed by atoms with Gasteiger partial charge in [0.05, 0.1) is 17.4 Å². The molecule has 9 nitrogen and oxygen atoms in total. The average Bonchev–Trinajstić information content (AvgIpc) is 2.96. The molecule has 45 heavy (non-hydrogen) atoms. The first-order valence-corrected chi connectivity index (χ1v) is 17.2. The van der Waals surface area contributed by atoms with Crippen molar-refractivity contribution >= 4 is 73.2 Å². The first-order valence-electron chi connectivity index (χ1n) is 13.4. The third-order valence-corrected chi connectivity index (χ3v) is 9.06. The van der Waals surface area contributed by atoms with Gasteiger partial charge >= 0.3 is 23.2 Å². The normalized spacial score (nSPS) is 21.6. The molecule has 0 aromatic heterocycles. The highest BCUT2D eigenvalue weighted by molar-refractivity contribution is 14.1. The minimum absolute atomic E-state index is 0.385. The van der Waals surface area contributed by atoms with Gasteiger partial charge in [0, 0.05) is 15.4 Å². The SMILES string of the molecule is CC(C)(C)OC(=O)C1C2c3ccccc3C(c3ccccc32)C1C(=O)O/C=C(/C=C(I)\C=C\I)C(=O)OCC(F)(F)S(=O)(=O)[O-]. The van der Waals surface area contributed by atoms with E-state index in [0.717, 1.165) is 28.3 Å². The van der Waals surface area contributed by atoms with Crippen molar-refractivity contribution in [2.24, 2.45) is 11.8 Å².